The van der Waals surface area contributed by atoms with E-state index >= 15 is 0 Å². The topological polar surface area (TPSA) is 63.0 Å². The largest absolute Gasteiger partial charge is 0.491 e. The average molecular weight is 467 g/mol. The highest BCUT2D eigenvalue weighted by Gasteiger charge is 2.36. The van der Waals surface area contributed by atoms with Gasteiger partial charge in [0.1, 0.15) is 18.9 Å². The smallest absolute Gasteiger partial charge is 0.290 e. The second kappa shape index (κ2) is 9.43. The summed E-state index contributed by atoms with van der Waals surface area (Å²) in [6, 6.07) is 13.1. The van der Waals surface area contributed by atoms with E-state index in [4.69, 9.17) is 9.15 Å². The minimum Gasteiger partial charge on any atom is -0.491 e. The van der Waals surface area contributed by atoms with Gasteiger partial charge in [-0.2, -0.15) is 0 Å². The highest BCUT2D eigenvalue weighted by atomic mass is 32.1. The molecule has 2 amide bonds. The van der Waals surface area contributed by atoms with Gasteiger partial charge < -0.3 is 19.0 Å². The average Bonchev–Trinajstić information content (AvgIpc) is 3.47. The van der Waals surface area contributed by atoms with Crippen LogP contribution in [0.25, 0.3) is 0 Å². The zero-order valence-electron chi connectivity index (χ0n) is 19.5. The molecule has 0 spiro atoms. The zero-order chi connectivity index (χ0) is 23.6. The van der Waals surface area contributed by atoms with E-state index in [9.17, 15) is 9.59 Å². The molecule has 4 rings (SSSR count). The molecule has 6 nitrogen and oxygen atoms in total. The minimum absolute atomic E-state index is 0.0243. The van der Waals surface area contributed by atoms with Crippen LogP contribution < -0.4 is 4.74 Å². The lowest BCUT2D eigenvalue weighted by Crippen LogP contribution is -2.53. The molecule has 1 aliphatic heterocycles. The van der Waals surface area contributed by atoms with Gasteiger partial charge in [-0.25, -0.2) is 0 Å². The number of carbonyl (C=O) groups is 2. The van der Waals surface area contributed by atoms with E-state index in [0.29, 0.717) is 13.2 Å². The van der Waals surface area contributed by atoms with E-state index in [1.54, 1.807) is 28.4 Å². The maximum absolute atomic E-state index is 13.6. The predicted octanol–water partition coefficient (Wildman–Crippen LogP) is 5.10. The Bertz CT molecular complexity index is 1100. The standard InChI is InChI=1S/C26H30N2O4S/c1-18-7-9-19(10-8-18)32-17-21-20-12-15-33-23(20)11-13-27(21)24(29)16-28(26(2,3)4)25(30)22-6-5-14-31-22/h5-10,12,14-15,21H,11,13,16-17H2,1-4H3. The van der Waals surface area contributed by atoms with Crippen LogP contribution in [-0.4, -0.2) is 46.8 Å². The van der Waals surface area contributed by atoms with Crippen molar-refractivity contribution in [3.63, 3.8) is 0 Å². The van der Waals surface area contributed by atoms with Crippen LogP contribution in [0.2, 0.25) is 0 Å². The number of amides is 2. The SMILES string of the molecule is Cc1ccc(OCC2c3ccsc3CCN2C(=O)CN(C(=O)c2ccco2)C(C)(C)C)cc1. The fourth-order valence-corrected chi connectivity index (χ4v) is 4.99. The maximum atomic E-state index is 13.6. The van der Waals surface area contributed by atoms with Gasteiger partial charge in [-0.15, -0.1) is 11.3 Å². The second-order valence-electron chi connectivity index (χ2n) is 9.32. The van der Waals surface area contributed by atoms with Crippen LogP contribution in [-0.2, 0) is 11.2 Å². The molecule has 0 radical (unpaired) electrons. The molecule has 0 saturated carbocycles. The van der Waals surface area contributed by atoms with E-state index in [-0.39, 0.29) is 30.2 Å². The minimum atomic E-state index is -0.545. The van der Waals surface area contributed by atoms with Crippen molar-refractivity contribution in [2.45, 2.75) is 45.7 Å². The summed E-state index contributed by atoms with van der Waals surface area (Å²) in [7, 11) is 0. The first-order valence-corrected chi connectivity index (χ1v) is 12.0. The summed E-state index contributed by atoms with van der Waals surface area (Å²) in [4.78, 5) is 31.4. The fourth-order valence-electron chi connectivity index (χ4n) is 4.06. The maximum Gasteiger partial charge on any atom is 0.290 e. The molecule has 0 bridgehead atoms. The molecule has 3 heterocycles. The molecule has 0 aliphatic carbocycles. The molecule has 174 valence electrons. The van der Waals surface area contributed by atoms with Gasteiger partial charge >= 0.3 is 0 Å². The number of hydrogen-bond donors (Lipinski definition) is 0. The molecule has 0 saturated heterocycles. The fraction of sp³-hybridized carbons (Fsp3) is 0.385. The van der Waals surface area contributed by atoms with Crippen molar-refractivity contribution < 1.29 is 18.7 Å². The first kappa shape index (κ1) is 23.1. The summed E-state index contributed by atoms with van der Waals surface area (Å²) in [6.07, 6.45) is 2.28. The van der Waals surface area contributed by atoms with Gasteiger partial charge in [0.25, 0.3) is 5.91 Å². The number of nitrogens with zero attached hydrogens (tertiary/aromatic N) is 2. The molecule has 1 atom stereocenters. The van der Waals surface area contributed by atoms with E-state index in [1.165, 1.54) is 16.7 Å². The Labute approximate surface area is 198 Å². The first-order chi connectivity index (χ1) is 15.7. The molecule has 1 aliphatic rings. The monoisotopic (exact) mass is 466 g/mol. The number of ether oxygens (including phenoxy) is 1. The van der Waals surface area contributed by atoms with E-state index in [2.05, 4.69) is 11.4 Å². The number of hydrogen-bond acceptors (Lipinski definition) is 5. The lowest BCUT2D eigenvalue weighted by molar-refractivity contribution is -0.136. The molecule has 1 aromatic carbocycles. The number of benzene rings is 1. The highest BCUT2D eigenvalue weighted by molar-refractivity contribution is 7.10. The molecule has 7 heteroatoms. The van der Waals surface area contributed by atoms with Crippen LogP contribution in [0.1, 0.15) is 53.4 Å². The molecule has 3 aromatic rings. The van der Waals surface area contributed by atoms with Crippen molar-refractivity contribution in [1.29, 1.82) is 0 Å². The number of fused-ring (bicyclic) bond motifs is 1. The summed E-state index contributed by atoms with van der Waals surface area (Å²) >= 11 is 1.72. The van der Waals surface area contributed by atoms with Gasteiger partial charge in [-0.3, -0.25) is 9.59 Å². The Morgan fingerprint density at radius 2 is 1.94 bits per heavy atom. The first-order valence-electron chi connectivity index (χ1n) is 11.1. The van der Waals surface area contributed by atoms with Crippen LogP contribution in [0.3, 0.4) is 0 Å². The number of thiophene rings is 1. The van der Waals surface area contributed by atoms with E-state index < -0.39 is 5.54 Å². The summed E-state index contributed by atoms with van der Waals surface area (Å²) in [5, 5.41) is 2.07. The van der Waals surface area contributed by atoms with Gasteiger partial charge in [0.2, 0.25) is 5.91 Å². The molecule has 2 aromatic heterocycles. The van der Waals surface area contributed by atoms with Gasteiger partial charge in [0.15, 0.2) is 5.76 Å². The van der Waals surface area contributed by atoms with Crippen LogP contribution in [0.4, 0.5) is 0 Å². The molecular formula is C26H30N2O4S. The van der Waals surface area contributed by atoms with Crippen LogP contribution >= 0.6 is 11.3 Å². The normalized spacial score (nSPS) is 15.8. The summed E-state index contributed by atoms with van der Waals surface area (Å²) in [6.45, 7) is 8.74. The molecule has 1 unspecified atom stereocenters. The van der Waals surface area contributed by atoms with E-state index in [1.807, 2.05) is 56.9 Å². The second-order valence-corrected chi connectivity index (χ2v) is 10.3. The van der Waals surface area contributed by atoms with Gasteiger partial charge in [0, 0.05) is 17.0 Å². The van der Waals surface area contributed by atoms with Crippen molar-refractivity contribution in [2.75, 3.05) is 19.7 Å². The predicted molar refractivity (Wildman–Crippen MR) is 129 cm³/mol. The summed E-state index contributed by atoms with van der Waals surface area (Å²) in [5.41, 5.74) is 1.75. The highest BCUT2D eigenvalue weighted by Crippen LogP contribution is 2.34. The zero-order valence-corrected chi connectivity index (χ0v) is 20.4. The van der Waals surface area contributed by atoms with Crippen LogP contribution in [0.5, 0.6) is 5.75 Å². The van der Waals surface area contributed by atoms with Crippen molar-refractivity contribution in [2.24, 2.45) is 0 Å². The number of rotatable bonds is 6. The van der Waals surface area contributed by atoms with Crippen molar-refractivity contribution in [3.05, 3.63) is 75.9 Å². The Morgan fingerprint density at radius 1 is 1.18 bits per heavy atom. The number of aryl methyl sites for hydroxylation is 1. The summed E-state index contributed by atoms with van der Waals surface area (Å²) < 4.78 is 11.4. The third-order valence-corrected chi connectivity index (χ3v) is 6.92. The molecule has 0 fully saturated rings. The van der Waals surface area contributed by atoms with Crippen LogP contribution in [0, 0.1) is 6.92 Å². The van der Waals surface area contributed by atoms with Gasteiger partial charge in [-0.1, -0.05) is 17.7 Å². The quantitative estimate of drug-likeness (QED) is 0.507. The summed E-state index contributed by atoms with van der Waals surface area (Å²) in [5.74, 6) is 0.621. The number of carbonyl (C=O) groups excluding carboxylic acids is 2. The van der Waals surface area contributed by atoms with E-state index in [0.717, 1.165) is 17.7 Å². The Kier molecular flexibility index (Phi) is 6.61. The third kappa shape index (κ3) is 5.14. The third-order valence-electron chi connectivity index (χ3n) is 5.92. The Balaban J connectivity index is 1.54. The van der Waals surface area contributed by atoms with Crippen LogP contribution in [0.15, 0.2) is 58.5 Å². The Hall–Kier alpha value is -3.06. The van der Waals surface area contributed by atoms with Crippen molar-refractivity contribution >= 4 is 23.2 Å². The van der Waals surface area contributed by atoms with Gasteiger partial charge in [0.05, 0.1) is 12.3 Å². The van der Waals surface area contributed by atoms with Crippen molar-refractivity contribution in [1.82, 2.24) is 9.80 Å². The molecular weight excluding hydrogens is 436 g/mol. The van der Waals surface area contributed by atoms with Crippen molar-refractivity contribution in [3.8, 4) is 5.75 Å². The lowest BCUT2D eigenvalue weighted by Gasteiger charge is -2.40. The van der Waals surface area contributed by atoms with Gasteiger partial charge in [-0.05, 0) is 75.4 Å². The number of furan rings is 1. The molecule has 0 N–H and O–H groups in total. The lowest BCUT2D eigenvalue weighted by atomic mass is 9.99. The molecule has 33 heavy (non-hydrogen) atoms. The Morgan fingerprint density at radius 3 is 2.61 bits per heavy atom.